The minimum atomic E-state index is -0.112. The van der Waals surface area contributed by atoms with Gasteiger partial charge in [0.15, 0.2) is 0 Å². The number of hydrogen-bond acceptors (Lipinski definition) is 4. The van der Waals surface area contributed by atoms with Crippen LogP contribution in [0, 0.1) is 0 Å². The maximum atomic E-state index is 11.3. The van der Waals surface area contributed by atoms with E-state index in [4.69, 9.17) is 14.2 Å². The van der Waals surface area contributed by atoms with E-state index in [1.807, 2.05) is 43.3 Å². The van der Waals surface area contributed by atoms with Crippen molar-refractivity contribution in [2.24, 2.45) is 0 Å². The van der Waals surface area contributed by atoms with Crippen LogP contribution in [0.1, 0.15) is 31.7 Å². The van der Waals surface area contributed by atoms with Crippen LogP contribution in [0.2, 0.25) is 0 Å². The van der Waals surface area contributed by atoms with Gasteiger partial charge in [0.2, 0.25) is 0 Å². The van der Waals surface area contributed by atoms with Crippen molar-refractivity contribution in [3.63, 3.8) is 0 Å². The molecule has 0 heterocycles. The van der Waals surface area contributed by atoms with E-state index < -0.39 is 0 Å². The average Bonchev–Trinajstić information content (AvgIpc) is 2.60. The molecule has 0 amide bonds. The zero-order valence-corrected chi connectivity index (χ0v) is 14.3. The fourth-order valence-corrected chi connectivity index (χ4v) is 2.36. The van der Waals surface area contributed by atoms with E-state index in [9.17, 15) is 4.79 Å². The van der Waals surface area contributed by atoms with E-state index in [2.05, 4.69) is 12.1 Å². The monoisotopic (exact) mass is 328 g/mol. The van der Waals surface area contributed by atoms with E-state index in [-0.39, 0.29) is 5.97 Å². The lowest BCUT2D eigenvalue weighted by molar-refractivity contribution is -0.143. The lowest BCUT2D eigenvalue weighted by Crippen LogP contribution is -2.03. The summed E-state index contributed by atoms with van der Waals surface area (Å²) in [6, 6.07) is 15.5. The highest BCUT2D eigenvalue weighted by Gasteiger charge is 2.03. The molecule has 2 aromatic rings. The summed E-state index contributed by atoms with van der Waals surface area (Å²) in [5.74, 6) is 2.19. The van der Waals surface area contributed by atoms with Crippen LogP contribution >= 0.6 is 0 Å². The highest BCUT2D eigenvalue weighted by atomic mass is 16.5. The van der Waals surface area contributed by atoms with E-state index in [1.54, 1.807) is 7.11 Å². The summed E-state index contributed by atoms with van der Waals surface area (Å²) in [7, 11) is 1.63. The first-order valence-corrected chi connectivity index (χ1v) is 8.27. The Hall–Kier alpha value is -2.49. The lowest BCUT2D eigenvalue weighted by Gasteiger charge is -2.08. The summed E-state index contributed by atoms with van der Waals surface area (Å²) >= 11 is 0. The normalized spacial score (nSPS) is 10.2. The van der Waals surface area contributed by atoms with Gasteiger partial charge in [-0.1, -0.05) is 18.2 Å². The summed E-state index contributed by atoms with van der Waals surface area (Å²) < 4.78 is 15.9. The molecule has 4 heteroatoms. The van der Waals surface area contributed by atoms with Gasteiger partial charge in [-0.05, 0) is 56.0 Å². The lowest BCUT2D eigenvalue weighted by atomic mass is 10.1. The maximum Gasteiger partial charge on any atom is 0.305 e. The van der Waals surface area contributed by atoms with E-state index >= 15 is 0 Å². The SMILES string of the molecule is CCOC(=O)CCCCc1ccc(Oc2cccc(OC)c2)cc1. The third kappa shape index (κ3) is 5.95. The Labute approximate surface area is 143 Å². The Morgan fingerprint density at radius 3 is 2.42 bits per heavy atom. The van der Waals surface area contributed by atoms with Gasteiger partial charge >= 0.3 is 5.97 Å². The van der Waals surface area contributed by atoms with Crippen LogP contribution in [0.5, 0.6) is 17.2 Å². The number of rotatable bonds is 9. The third-order valence-corrected chi connectivity index (χ3v) is 3.60. The Balaban J connectivity index is 1.79. The zero-order chi connectivity index (χ0) is 17.2. The molecule has 0 N–H and O–H groups in total. The van der Waals surface area contributed by atoms with Gasteiger partial charge in [-0.25, -0.2) is 0 Å². The van der Waals surface area contributed by atoms with Gasteiger partial charge in [-0.15, -0.1) is 0 Å². The molecule has 0 aliphatic heterocycles. The van der Waals surface area contributed by atoms with E-state index in [0.717, 1.165) is 36.5 Å². The number of carbonyl (C=O) groups is 1. The first-order valence-electron chi connectivity index (χ1n) is 8.27. The second-order valence-electron chi connectivity index (χ2n) is 5.44. The largest absolute Gasteiger partial charge is 0.497 e. The van der Waals surface area contributed by atoms with Gasteiger partial charge in [0.05, 0.1) is 13.7 Å². The molecule has 0 aromatic heterocycles. The Kier molecular flexibility index (Phi) is 7.15. The first kappa shape index (κ1) is 17.9. The van der Waals surface area contributed by atoms with Crippen LogP contribution < -0.4 is 9.47 Å². The molecule has 4 nitrogen and oxygen atoms in total. The van der Waals surface area contributed by atoms with Gasteiger partial charge in [-0.3, -0.25) is 4.79 Å². The van der Waals surface area contributed by atoms with Gasteiger partial charge in [0.25, 0.3) is 0 Å². The number of hydrogen-bond donors (Lipinski definition) is 0. The first-order chi connectivity index (χ1) is 11.7. The number of carbonyl (C=O) groups excluding carboxylic acids is 1. The molecular weight excluding hydrogens is 304 g/mol. The molecule has 24 heavy (non-hydrogen) atoms. The van der Waals surface area contributed by atoms with Crippen molar-refractivity contribution < 1.29 is 19.0 Å². The van der Waals surface area contributed by atoms with Gasteiger partial charge in [0.1, 0.15) is 17.2 Å². The fourth-order valence-electron chi connectivity index (χ4n) is 2.36. The molecule has 0 saturated heterocycles. The summed E-state index contributed by atoms with van der Waals surface area (Å²) in [5.41, 5.74) is 1.23. The van der Waals surface area contributed by atoms with Crippen molar-refractivity contribution in [1.29, 1.82) is 0 Å². The van der Waals surface area contributed by atoms with E-state index in [0.29, 0.717) is 13.0 Å². The average molecular weight is 328 g/mol. The summed E-state index contributed by atoms with van der Waals surface area (Å²) in [6.07, 6.45) is 3.25. The van der Waals surface area contributed by atoms with Crippen LogP contribution in [0.25, 0.3) is 0 Å². The Bertz CT molecular complexity index is 634. The number of methoxy groups -OCH3 is 1. The molecule has 0 atom stereocenters. The third-order valence-electron chi connectivity index (χ3n) is 3.60. The van der Waals surface area contributed by atoms with Crippen molar-refractivity contribution in [2.75, 3.05) is 13.7 Å². The van der Waals surface area contributed by atoms with Crippen LogP contribution in [0.15, 0.2) is 48.5 Å². The molecule has 0 unspecified atom stereocenters. The van der Waals surface area contributed by atoms with Crippen molar-refractivity contribution in [3.8, 4) is 17.2 Å². The smallest absolute Gasteiger partial charge is 0.305 e. The van der Waals surface area contributed by atoms with Gasteiger partial charge in [0, 0.05) is 12.5 Å². The zero-order valence-electron chi connectivity index (χ0n) is 14.3. The molecule has 0 radical (unpaired) electrons. The minimum absolute atomic E-state index is 0.112. The number of benzene rings is 2. The predicted octanol–water partition coefficient (Wildman–Crippen LogP) is 4.76. The van der Waals surface area contributed by atoms with Crippen molar-refractivity contribution in [3.05, 3.63) is 54.1 Å². The summed E-state index contributed by atoms with van der Waals surface area (Å²) in [5, 5.41) is 0. The number of ether oxygens (including phenoxy) is 3. The van der Waals surface area contributed by atoms with Gasteiger partial charge in [-0.2, -0.15) is 0 Å². The highest BCUT2D eigenvalue weighted by molar-refractivity contribution is 5.69. The topological polar surface area (TPSA) is 44.8 Å². The van der Waals surface area contributed by atoms with E-state index in [1.165, 1.54) is 5.56 Å². The van der Waals surface area contributed by atoms with Crippen LogP contribution in [0.3, 0.4) is 0 Å². The molecule has 0 saturated carbocycles. The second-order valence-corrected chi connectivity index (χ2v) is 5.44. The molecule has 0 spiro atoms. The summed E-state index contributed by atoms with van der Waals surface area (Å²) in [6.45, 7) is 2.28. The van der Waals surface area contributed by atoms with Gasteiger partial charge < -0.3 is 14.2 Å². The number of esters is 1. The molecular formula is C20H24O4. The predicted molar refractivity (Wildman–Crippen MR) is 93.7 cm³/mol. The molecule has 2 rings (SSSR count). The van der Waals surface area contributed by atoms with Crippen molar-refractivity contribution in [1.82, 2.24) is 0 Å². The summed E-state index contributed by atoms with van der Waals surface area (Å²) in [4.78, 5) is 11.3. The van der Waals surface area contributed by atoms with Crippen LogP contribution in [-0.2, 0) is 16.0 Å². The highest BCUT2D eigenvalue weighted by Crippen LogP contribution is 2.25. The minimum Gasteiger partial charge on any atom is -0.497 e. The quantitative estimate of drug-likeness (QED) is 0.491. The maximum absolute atomic E-state index is 11.3. The molecule has 0 bridgehead atoms. The van der Waals surface area contributed by atoms with Crippen molar-refractivity contribution in [2.45, 2.75) is 32.6 Å². The fraction of sp³-hybridized carbons (Fsp3) is 0.350. The molecule has 0 aliphatic rings. The Morgan fingerprint density at radius 2 is 1.71 bits per heavy atom. The van der Waals surface area contributed by atoms with Crippen molar-refractivity contribution >= 4 is 5.97 Å². The molecule has 0 aliphatic carbocycles. The number of unbranched alkanes of at least 4 members (excludes halogenated alkanes) is 1. The molecule has 2 aromatic carbocycles. The van der Waals surface area contributed by atoms with Crippen LogP contribution in [-0.4, -0.2) is 19.7 Å². The standard InChI is InChI=1S/C20H24O4/c1-3-23-20(21)10-5-4-7-16-11-13-17(14-12-16)24-19-9-6-8-18(15-19)22-2/h6,8-9,11-15H,3-5,7,10H2,1-2H3. The number of aryl methyl sites for hydroxylation is 1. The molecule has 128 valence electrons. The second kappa shape index (κ2) is 9.60. The van der Waals surface area contributed by atoms with Crippen LogP contribution in [0.4, 0.5) is 0 Å². The Morgan fingerprint density at radius 1 is 0.958 bits per heavy atom. The molecule has 0 fully saturated rings.